The van der Waals surface area contributed by atoms with E-state index in [4.69, 9.17) is 9.47 Å². The molecule has 8 atom stereocenters. The predicted molar refractivity (Wildman–Crippen MR) is 162 cm³/mol. The summed E-state index contributed by atoms with van der Waals surface area (Å²) in [4.78, 5) is 47.5. The van der Waals surface area contributed by atoms with Gasteiger partial charge in [0.2, 0.25) is 5.91 Å². The number of aliphatic hydroxyl groups excluding tert-OH is 1. The van der Waals surface area contributed by atoms with Gasteiger partial charge in [-0.25, -0.2) is 0 Å². The molecule has 226 valence electrons. The lowest BCUT2D eigenvalue weighted by Gasteiger charge is -2.41. The number of aliphatic hydroxyl groups is 1. The molecule has 0 radical (unpaired) electrons. The van der Waals surface area contributed by atoms with Crippen LogP contribution in [0.3, 0.4) is 0 Å². The number of carbonyl (C=O) groups excluding carboxylic acids is 3. The molecule has 2 amide bonds. The Balaban J connectivity index is 1.82. The topological polar surface area (TPSA) is 99.6 Å². The van der Waals surface area contributed by atoms with Gasteiger partial charge in [-0.3, -0.25) is 14.4 Å². The minimum atomic E-state index is -1.23. The number of carbonyl (C=O) groups is 3. The van der Waals surface area contributed by atoms with Crippen molar-refractivity contribution < 1.29 is 29.0 Å². The number of likely N-dealkylation sites (tertiary alicyclic amines) is 1. The molecule has 41 heavy (non-hydrogen) atoms. The number of nitrogens with zero attached hydrogens (tertiary/aromatic N) is 3. The Bertz CT molecular complexity index is 1130. The SMILES string of the molecule is C=CCN(C(=O)[C@H]1N([C@@H](CO)[C@@H](C)CC)C(=O)[C@@H]2[C@@H](C(=O)OCC)[C@@H]3O[C@@]21CC3Br)c1ccc(N(CC)CC)cc1. The summed E-state index contributed by atoms with van der Waals surface area (Å²) in [6.45, 7) is 15.6. The minimum absolute atomic E-state index is 0.0892. The molecule has 1 N–H and O–H groups in total. The summed E-state index contributed by atoms with van der Waals surface area (Å²) >= 11 is 3.69. The van der Waals surface area contributed by atoms with Crippen LogP contribution in [-0.2, 0) is 23.9 Å². The van der Waals surface area contributed by atoms with Gasteiger partial charge in [0.05, 0.1) is 37.2 Å². The van der Waals surface area contributed by atoms with Gasteiger partial charge in [0, 0.05) is 35.8 Å². The van der Waals surface area contributed by atoms with Gasteiger partial charge < -0.3 is 29.3 Å². The summed E-state index contributed by atoms with van der Waals surface area (Å²) in [7, 11) is 0. The highest BCUT2D eigenvalue weighted by Gasteiger charge is 2.77. The first-order valence-electron chi connectivity index (χ1n) is 14.8. The second-order valence-electron chi connectivity index (χ2n) is 11.2. The van der Waals surface area contributed by atoms with E-state index in [-0.39, 0.29) is 42.3 Å². The Kier molecular flexibility index (Phi) is 9.86. The molecule has 3 aliphatic heterocycles. The van der Waals surface area contributed by atoms with Gasteiger partial charge in [-0.2, -0.15) is 0 Å². The van der Waals surface area contributed by atoms with Gasteiger partial charge in [-0.15, -0.1) is 6.58 Å². The summed E-state index contributed by atoms with van der Waals surface area (Å²) in [5.41, 5.74) is 0.494. The first-order valence-corrected chi connectivity index (χ1v) is 15.8. The summed E-state index contributed by atoms with van der Waals surface area (Å²) in [5.74, 6) is -2.94. The van der Waals surface area contributed by atoms with Crippen LogP contribution < -0.4 is 9.80 Å². The van der Waals surface area contributed by atoms with Crippen LogP contribution in [-0.4, -0.2) is 89.3 Å². The van der Waals surface area contributed by atoms with Crippen LogP contribution >= 0.6 is 15.9 Å². The number of anilines is 2. The quantitative estimate of drug-likeness (QED) is 0.201. The van der Waals surface area contributed by atoms with Crippen LogP contribution in [0.25, 0.3) is 0 Å². The zero-order valence-electron chi connectivity index (χ0n) is 24.8. The number of hydrogen-bond acceptors (Lipinski definition) is 7. The molecule has 2 bridgehead atoms. The summed E-state index contributed by atoms with van der Waals surface area (Å²) < 4.78 is 12.0. The van der Waals surface area contributed by atoms with E-state index in [0.717, 1.165) is 18.8 Å². The van der Waals surface area contributed by atoms with Crippen molar-refractivity contribution in [2.24, 2.45) is 17.8 Å². The van der Waals surface area contributed by atoms with Crippen LogP contribution in [0.4, 0.5) is 11.4 Å². The van der Waals surface area contributed by atoms with Gasteiger partial charge >= 0.3 is 5.97 Å². The molecule has 1 unspecified atom stereocenters. The molecule has 3 heterocycles. The summed E-state index contributed by atoms with van der Waals surface area (Å²) in [6, 6.07) is 6.15. The Labute approximate surface area is 252 Å². The van der Waals surface area contributed by atoms with Crippen molar-refractivity contribution in [1.29, 1.82) is 0 Å². The molecule has 0 aliphatic carbocycles. The molecule has 4 rings (SSSR count). The van der Waals surface area contributed by atoms with Crippen molar-refractivity contribution in [3.63, 3.8) is 0 Å². The smallest absolute Gasteiger partial charge is 0.312 e. The predicted octanol–water partition coefficient (Wildman–Crippen LogP) is 3.77. The molecule has 3 fully saturated rings. The molecule has 1 aromatic rings. The molecular weight excluding hydrogens is 590 g/mol. The van der Waals surface area contributed by atoms with Crippen LogP contribution in [0.15, 0.2) is 36.9 Å². The van der Waals surface area contributed by atoms with Crippen molar-refractivity contribution in [3.05, 3.63) is 36.9 Å². The molecule has 0 aromatic heterocycles. The fourth-order valence-corrected chi connectivity index (χ4v) is 8.00. The Hall–Kier alpha value is -2.43. The van der Waals surface area contributed by atoms with E-state index in [1.165, 1.54) is 4.90 Å². The second kappa shape index (κ2) is 12.8. The monoisotopic (exact) mass is 633 g/mol. The maximum atomic E-state index is 14.8. The van der Waals surface area contributed by atoms with Crippen molar-refractivity contribution >= 4 is 45.1 Å². The number of hydrogen-bond donors (Lipinski definition) is 1. The Morgan fingerprint density at radius 1 is 1.22 bits per heavy atom. The van der Waals surface area contributed by atoms with Crippen LogP contribution in [0, 0.1) is 17.8 Å². The lowest BCUT2D eigenvalue weighted by molar-refractivity contribution is -0.155. The highest BCUT2D eigenvalue weighted by Crippen LogP contribution is 2.61. The third kappa shape index (κ3) is 5.20. The van der Waals surface area contributed by atoms with E-state index in [1.54, 1.807) is 17.9 Å². The first-order chi connectivity index (χ1) is 19.6. The fourth-order valence-electron chi connectivity index (χ4n) is 7.06. The van der Waals surface area contributed by atoms with E-state index < -0.39 is 41.6 Å². The molecule has 0 saturated carbocycles. The Morgan fingerprint density at radius 2 is 1.85 bits per heavy atom. The molecule has 3 saturated heterocycles. The largest absolute Gasteiger partial charge is 0.466 e. The average Bonchev–Trinajstić information content (AvgIpc) is 3.56. The van der Waals surface area contributed by atoms with Gasteiger partial charge in [0.25, 0.3) is 5.91 Å². The third-order valence-corrected chi connectivity index (χ3v) is 10.1. The lowest BCUT2D eigenvalue weighted by atomic mass is 9.70. The number of fused-ring (bicyclic) bond motifs is 1. The number of alkyl halides is 1. The number of amides is 2. The zero-order valence-corrected chi connectivity index (χ0v) is 26.4. The van der Waals surface area contributed by atoms with E-state index in [1.807, 2.05) is 38.1 Å². The van der Waals surface area contributed by atoms with Crippen LogP contribution in [0.2, 0.25) is 0 Å². The van der Waals surface area contributed by atoms with Crippen molar-refractivity contribution in [3.8, 4) is 0 Å². The first kappa shape index (κ1) is 31.5. The molecule has 1 spiro atoms. The maximum absolute atomic E-state index is 14.8. The van der Waals surface area contributed by atoms with Gasteiger partial charge in [-0.1, -0.05) is 42.3 Å². The zero-order chi connectivity index (χ0) is 30.1. The average molecular weight is 635 g/mol. The van der Waals surface area contributed by atoms with Crippen molar-refractivity contribution in [2.75, 3.05) is 42.6 Å². The van der Waals surface area contributed by atoms with Crippen LogP contribution in [0.1, 0.15) is 47.5 Å². The van der Waals surface area contributed by atoms with Gasteiger partial charge in [0.15, 0.2) is 0 Å². The third-order valence-electron chi connectivity index (χ3n) is 9.23. The maximum Gasteiger partial charge on any atom is 0.312 e. The Morgan fingerprint density at radius 3 is 2.39 bits per heavy atom. The number of ether oxygens (including phenoxy) is 2. The van der Waals surface area contributed by atoms with E-state index in [9.17, 15) is 19.5 Å². The number of halogens is 1. The highest BCUT2D eigenvalue weighted by molar-refractivity contribution is 9.09. The normalized spacial score (nSPS) is 29.7. The summed E-state index contributed by atoms with van der Waals surface area (Å²) in [5, 5.41) is 10.6. The van der Waals surface area contributed by atoms with E-state index >= 15 is 0 Å². The standard InChI is InChI=1S/C31H44BrN3O6/c1-7-16-34(21-14-12-20(13-15-21)33(9-3)10-4)29(38)27-31-17-22(32)26(41-31)24(30(39)40-11-5)25(31)28(37)35(27)23(18-36)19(6)8-2/h7,12-15,19,22-27,36H,1,8-11,16-18H2,2-6H3/t19-,22?,23-,24+,25-,26+,27+,31-/m0/s1. The molecule has 3 aliphatic rings. The van der Waals surface area contributed by atoms with Crippen LogP contribution in [0.5, 0.6) is 0 Å². The van der Waals surface area contributed by atoms with E-state index in [2.05, 4.69) is 41.3 Å². The molecule has 9 nitrogen and oxygen atoms in total. The minimum Gasteiger partial charge on any atom is -0.466 e. The van der Waals surface area contributed by atoms with Crippen molar-refractivity contribution in [2.45, 2.75) is 76.1 Å². The van der Waals surface area contributed by atoms with Crippen molar-refractivity contribution in [1.82, 2.24) is 4.90 Å². The highest BCUT2D eigenvalue weighted by atomic mass is 79.9. The lowest BCUT2D eigenvalue weighted by Crippen LogP contribution is -2.60. The number of benzene rings is 1. The number of esters is 1. The number of rotatable bonds is 13. The molecular formula is C31H44BrN3O6. The van der Waals surface area contributed by atoms with Gasteiger partial charge in [-0.05, 0) is 57.4 Å². The molecule has 1 aromatic carbocycles. The molecule has 10 heteroatoms. The second-order valence-corrected chi connectivity index (χ2v) is 12.4. The van der Waals surface area contributed by atoms with Gasteiger partial charge in [0.1, 0.15) is 11.6 Å². The fraction of sp³-hybridized carbons (Fsp3) is 0.645. The van der Waals surface area contributed by atoms with E-state index in [0.29, 0.717) is 18.5 Å². The summed E-state index contributed by atoms with van der Waals surface area (Å²) in [6.07, 6.45) is 2.16.